The quantitative estimate of drug-likeness (QED) is 0.829. The van der Waals surface area contributed by atoms with Crippen LogP contribution in [-0.4, -0.2) is 32.8 Å². The van der Waals surface area contributed by atoms with E-state index in [1.165, 1.54) is 0 Å². The average Bonchev–Trinajstić information content (AvgIpc) is 2.54. The smallest absolute Gasteiger partial charge is 0.323 e. The normalized spacial score (nSPS) is 12.0. The number of carbonyl (C=O) groups is 1. The number of methoxy groups -OCH3 is 2. The Kier molecular flexibility index (Phi) is 5.22. The molecule has 2 N–H and O–H groups in total. The zero-order chi connectivity index (χ0) is 16.1. The molecule has 0 radical (unpaired) electrons. The van der Waals surface area contributed by atoms with Crippen molar-refractivity contribution in [2.24, 2.45) is 5.73 Å². The number of nitrogens with two attached hydrogens (primary N) is 1. The van der Waals surface area contributed by atoms with Crippen LogP contribution < -0.4 is 15.2 Å². The molecule has 0 heterocycles. The third-order valence-electron chi connectivity index (χ3n) is 3.51. The number of ether oxygens (including phenoxy) is 3. The van der Waals surface area contributed by atoms with Crippen LogP contribution >= 0.6 is 0 Å². The van der Waals surface area contributed by atoms with Gasteiger partial charge in [0.2, 0.25) is 0 Å². The molecule has 1 unspecified atom stereocenters. The van der Waals surface area contributed by atoms with Crippen molar-refractivity contribution in [3.63, 3.8) is 0 Å². The molecule has 0 spiro atoms. The molecule has 0 fully saturated rings. The van der Waals surface area contributed by atoms with Crippen LogP contribution in [0.3, 0.4) is 0 Å². The summed E-state index contributed by atoms with van der Waals surface area (Å²) in [6, 6.07) is 9.01. The molecule has 0 saturated heterocycles. The molecule has 0 aliphatic carbocycles. The van der Waals surface area contributed by atoms with Gasteiger partial charge in [-0.15, -0.1) is 0 Å². The summed E-state index contributed by atoms with van der Waals surface area (Å²) in [5.74, 6) is 0.796. The third-order valence-corrected chi connectivity index (χ3v) is 3.51. The largest absolute Gasteiger partial charge is 0.493 e. The summed E-state index contributed by atoms with van der Waals surface area (Å²) in [6.45, 7) is 2.06. The van der Waals surface area contributed by atoms with Gasteiger partial charge in [0.05, 0.1) is 20.8 Å². The summed E-state index contributed by atoms with van der Waals surface area (Å²) in [4.78, 5) is 11.8. The summed E-state index contributed by atoms with van der Waals surface area (Å²) >= 11 is 0. The number of benzene rings is 2. The van der Waals surface area contributed by atoms with Crippen molar-refractivity contribution in [3.05, 3.63) is 35.9 Å². The van der Waals surface area contributed by atoms with E-state index in [0.29, 0.717) is 24.5 Å². The van der Waals surface area contributed by atoms with Crippen molar-refractivity contribution >= 4 is 16.7 Å². The summed E-state index contributed by atoms with van der Waals surface area (Å²) < 4.78 is 15.9. The maximum Gasteiger partial charge on any atom is 0.323 e. The molecule has 5 nitrogen and oxygen atoms in total. The zero-order valence-electron chi connectivity index (χ0n) is 13.1. The molecular weight excluding hydrogens is 282 g/mol. The fourth-order valence-electron chi connectivity index (χ4n) is 2.51. The van der Waals surface area contributed by atoms with E-state index in [0.717, 1.165) is 16.3 Å². The van der Waals surface area contributed by atoms with E-state index in [4.69, 9.17) is 19.9 Å². The van der Waals surface area contributed by atoms with Gasteiger partial charge in [-0.05, 0) is 23.8 Å². The van der Waals surface area contributed by atoms with Crippen molar-refractivity contribution < 1.29 is 19.0 Å². The van der Waals surface area contributed by atoms with E-state index >= 15 is 0 Å². The lowest BCUT2D eigenvalue weighted by Gasteiger charge is -2.18. The molecule has 22 heavy (non-hydrogen) atoms. The van der Waals surface area contributed by atoms with Gasteiger partial charge in [-0.2, -0.15) is 0 Å². The Morgan fingerprint density at radius 2 is 1.95 bits per heavy atom. The molecule has 0 bridgehead atoms. The van der Waals surface area contributed by atoms with Gasteiger partial charge >= 0.3 is 5.97 Å². The molecular formula is C17H21NO4. The summed E-state index contributed by atoms with van der Waals surface area (Å²) in [6.07, 6.45) is 0.319. The molecule has 5 heteroatoms. The van der Waals surface area contributed by atoms with Gasteiger partial charge in [0, 0.05) is 12.0 Å². The molecule has 2 rings (SSSR count). The number of hydrogen-bond acceptors (Lipinski definition) is 5. The molecule has 1 atom stereocenters. The molecule has 2 aromatic carbocycles. The van der Waals surface area contributed by atoms with E-state index in [1.807, 2.05) is 30.3 Å². The minimum Gasteiger partial charge on any atom is -0.493 e. The van der Waals surface area contributed by atoms with Crippen LogP contribution in [0.2, 0.25) is 0 Å². The Hall–Kier alpha value is -2.27. The fraction of sp³-hybridized carbons (Fsp3) is 0.353. The average molecular weight is 303 g/mol. The fourth-order valence-corrected chi connectivity index (χ4v) is 2.51. The zero-order valence-corrected chi connectivity index (χ0v) is 13.1. The predicted molar refractivity (Wildman–Crippen MR) is 85.4 cm³/mol. The van der Waals surface area contributed by atoms with Crippen molar-refractivity contribution in [2.75, 3.05) is 20.8 Å². The third kappa shape index (κ3) is 3.14. The molecule has 2 aromatic rings. The lowest BCUT2D eigenvalue weighted by atomic mass is 9.97. The SMILES string of the molecule is CCOC(=O)C(N)Cc1c(OC)c(OC)cc2ccccc12. The van der Waals surface area contributed by atoms with Gasteiger partial charge < -0.3 is 19.9 Å². The standard InChI is InChI=1S/C17H21NO4/c1-4-22-17(19)14(18)10-13-12-8-6-5-7-11(12)9-15(20-2)16(13)21-3/h5-9,14H,4,10,18H2,1-3H3. The first-order valence-electron chi connectivity index (χ1n) is 7.17. The number of esters is 1. The Labute approximate surface area is 130 Å². The maximum absolute atomic E-state index is 11.8. The number of hydrogen-bond donors (Lipinski definition) is 1. The molecule has 0 aromatic heterocycles. The maximum atomic E-state index is 11.8. The second-order valence-electron chi connectivity index (χ2n) is 4.87. The number of carbonyl (C=O) groups excluding carboxylic acids is 1. The topological polar surface area (TPSA) is 70.8 Å². The Bertz CT molecular complexity index is 669. The van der Waals surface area contributed by atoms with E-state index in [-0.39, 0.29) is 0 Å². The Morgan fingerprint density at radius 3 is 2.59 bits per heavy atom. The van der Waals surface area contributed by atoms with Crippen molar-refractivity contribution in [3.8, 4) is 11.5 Å². The highest BCUT2D eigenvalue weighted by molar-refractivity contribution is 5.91. The summed E-state index contributed by atoms with van der Waals surface area (Å²) in [7, 11) is 3.16. The van der Waals surface area contributed by atoms with Crippen LogP contribution in [0.5, 0.6) is 11.5 Å². The van der Waals surface area contributed by atoms with Gasteiger partial charge in [0.15, 0.2) is 11.5 Å². The van der Waals surface area contributed by atoms with Crippen molar-refractivity contribution in [1.82, 2.24) is 0 Å². The minimum atomic E-state index is -0.746. The van der Waals surface area contributed by atoms with Crippen molar-refractivity contribution in [2.45, 2.75) is 19.4 Å². The second kappa shape index (κ2) is 7.13. The van der Waals surface area contributed by atoms with Crippen LogP contribution in [0.1, 0.15) is 12.5 Å². The first-order valence-corrected chi connectivity index (χ1v) is 7.17. The summed E-state index contributed by atoms with van der Waals surface area (Å²) in [5, 5.41) is 1.99. The highest BCUT2D eigenvalue weighted by Gasteiger charge is 2.21. The number of fused-ring (bicyclic) bond motifs is 1. The molecule has 0 amide bonds. The van der Waals surface area contributed by atoms with Crippen molar-refractivity contribution in [1.29, 1.82) is 0 Å². The van der Waals surface area contributed by atoms with E-state index < -0.39 is 12.0 Å². The molecule has 118 valence electrons. The van der Waals surface area contributed by atoms with Crippen LogP contribution in [0.25, 0.3) is 10.8 Å². The molecule has 0 aliphatic heterocycles. The Morgan fingerprint density at radius 1 is 1.23 bits per heavy atom. The van der Waals surface area contributed by atoms with Gasteiger partial charge in [-0.1, -0.05) is 24.3 Å². The second-order valence-corrected chi connectivity index (χ2v) is 4.87. The van der Waals surface area contributed by atoms with Crippen LogP contribution in [-0.2, 0) is 16.0 Å². The van der Waals surface area contributed by atoms with Gasteiger partial charge in [-0.25, -0.2) is 0 Å². The van der Waals surface area contributed by atoms with E-state index in [2.05, 4.69) is 0 Å². The Balaban J connectivity index is 2.51. The van der Waals surface area contributed by atoms with Gasteiger partial charge in [-0.3, -0.25) is 4.79 Å². The highest BCUT2D eigenvalue weighted by atomic mass is 16.5. The highest BCUT2D eigenvalue weighted by Crippen LogP contribution is 2.38. The van der Waals surface area contributed by atoms with Crippen LogP contribution in [0.15, 0.2) is 30.3 Å². The first kappa shape index (κ1) is 16.1. The lowest BCUT2D eigenvalue weighted by Crippen LogP contribution is -2.34. The monoisotopic (exact) mass is 303 g/mol. The lowest BCUT2D eigenvalue weighted by molar-refractivity contribution is -0.144. The van der Waals surface area contributed by atoms with Crippen LogP contribution in [0.4, 0.5) is 0 Å². The van der Waals surface area contributed by atoms with Crippen LogP contribution in [0, 0.1) is 0 Å². The van der Waals surface area contributed by atoms with E-state index in [1.54, 1.807) is 21.1 Å². The predicted octanol–water partition coefficient (Wildman–Crippen LogP) is 2.29. The molecule has 0 saturated carbocycles. The van der Waals surface area contributed by atoms with E-state index in [9.17, 15) is 4.79 Å². The van der Waals surface area contributed by atoms with Gasteiger partial charge in [0.1, 0.15) is 6.04 Å². The minimum absolute atomic E-state index is 0.308. The number of rotatable bonds is 6. The summed E-state index contributed by atoms with van der Waals surface area (Å²) in [5.41, 5.74) is 6.82. The van der Waals surface area contributed by atoms with Gasteiger partial charge in [0.25, 0.3) is 0 Å². The first-order chi connectivity index (χ1) is 10.6. The molecule has 0 aliphatic rings.